The van der Waals surface area contributed by atoms with Gasteiger partial charge in [0.05, 0.1) is 27.0 Å². The van der Waals surface area contributed by atoms with Gasteiger partial charge in [-0.15, -0.1) is 10.2 Å². The Hall–Kier alpha value is -3.17. The smallest absolute Gasteiger partial charge is 0.277 e. The average Bonchev–Trinajstić information content (AvgIpc) is 3.46. The molecule has 0 bridgehead atoms. The monoisotopic (exact) mass is 459 g/mol. The molecule has 2 aromatic heterocycles. The van der Waals surface area contributed by atoms with Crippen LogP contribution in [0.4, 0.5) is 0 Å². The molecule has 0 fully saturated rings. The normalized spacial score (nSPS) is 10.8. The van der Waals surface area contributed by atoms with Crippen molar-refractivity contribution in [2.75, 3.05) is 21.3 Å². The molecule has 0 amide bonds. The molecular weight excluding hydrogens is 442 g/mol. The Bertz CT molecular complexity index is 1170. The minimum absolute atomic E-state index is 0.335. The van der Waals surface area contributed by atoms with Crippen molar-refractivity contribution in [2.24, 2.45) is 0 Å². The predicted octanol–water partition coefficient (Wildman–Crippen LogP) is 5.36. The van der Waals surface area contributed by atoms with Crippen molar-refractivity contribution in [2.45, 2.75) is 11.0 Å². The van der Waals surface area contributed by atoms with Crippen LogP contribution in [0.5, 0.6) is 17.2 Å². The first kappa shape index (κ1) is 21.1. The van der Waals surface area contributed by atoms with Crippen molar-refractivity contribution >= 4 is 23.4 Å². The molecule has 0 atom stereocenters. The second-order valence-corrected chi connectivity index (χ2v) is 7.59. The number of rotatable bonds is 8. The van der Waals surface area contributed by atoms with E-state index in [-0.39, 0.29) is 0 Å². The number of ether oxygens (including phenoxy) is 3. The van der Waals surface area contributed by atoms with Gasteiger partial charge in [-0.05, 0) is 30.3 Å². The van der Waals surface area contributed by atoms with Crippen molar-refractivity contribution in [3.63, 3.8) is 0 Å². The average molecular weight is 460 g/mol. The maximum Gasteiger partial charge on any atom is 0.277 e. The first-order chi connectivity index (χ1) is 15.1. The van der Waals surface area contributed by atoms with E-state index < -0.39 is 0 Å². The van der Waals surface area contributed by atoms with Crippen molar-refractivity contribution in [3.05, 3.63) is 53.4 Å². The van der Waals surface area contributed by atoms with Gasteiger partial charge < -0.3 is 23.0 Å². The summed E-state index contributed by atoms with van der Waals surface area (Å²) in [6, 6.07) is 10.8. The van der Waals surface area contributed by atoms with Gasteiger partial charge in [-0.2, -0.15) is 0 Å². The zero-order chi connectivity index (χ0) is 21.8. The molecule has 0 aliphatic carbocycles. The Kier molecular flexibility index (Phi) is 6.34. The SMILES string of the molecule is COc1cc(-c2nnc(SCc3coc(-c4cccc(Cl)c4)n3)o2)cc(OC)c1OC. The van der Waals surface area contributed by atoms with Gasteiger partial charge in [-0.3, -0.25) is 0 Å². The number of aromatic nitrogens is 3. The molecule has 0 aliphatic heterocycles. The molecule has 0 aliphatic rings. The summed E-state index contributed by atoms with van der Waals surface area (Å²) in [5.74, 6) is 2.83. The zero-order valence-corrected chi connectivity index (χ0v) is 18.5. The lowest BCUT2D eigenvalue weighted by Crippen LogP contribution is -1.95. The number of hydrogen-bond donors (Lipinski definition) is 0. The second-order valence-electron chi connectivity index (χ2n) is 6.23. The number of nitrogens with zero attached hydrogens (tertiary/aromatic N) is 3. The highest BCUT2D eigenvalue weighted by molar-refractivity contribution is 7.98. The molecular formula is C21H18ClN3O5S. The molecule has 2 heterocycles. The summed E-state index contributed by atoms with van der Waals surface area (Å²) in [5, 5.41) is 9.24. The molecule has 0 radical (unpaired) electrons. The summed E-state index contributed by atoms with van der Waals surface area (Å²) in [7, 11) is 4.64. The van der Waals surface area contributed by atoms with Gasteiger partial charge in [0.25, 0.3) is 5.22 Å². The topological polar surface area (TPSA) is 92.6 Å². The van der Waals surface area contributed by atoms with Crippen LogP contribution in [-0.2, 0) is 5.75 Å². The Morgan fingerprint density at radius 2 is 1.71 bits per heavy atom. The van der Waals surface area contributed by atoms with Gasteiger partial charge >= 0.3 is 0 Å². The standard InChI is InChI=1S/C21H18ClN3O5S/c1-26-16-8-13(9-17(27-2)18(16)28-3)20-24-25-21(30-20)31-11-15-10-29-19(23-15)12-5-4-6-14(22)7-12/h4-10H,11H2,1-3H3. The lowest BCUT2D eigenvalue weighted by atomic mass is 10.2. The molecule has 10 heteroatoms. The van der Waals surface area contributed by atoms with Gasteiger partial charge in [0.1, 0.15) is 6.26 Å². The van der Waals surface area contributed by atoms with E-state index in [4.69, 9.17) is 34.6 Å². The van der Waals surface area contributed by atoms with Crippen LogP contribution in [0.25, 0.3) is 22.9 Å². The zero-order valence-electron chi connectivity index (χ0n) is 16.9. The van der Waals surface area contributed by atoms with Gasteiger partial charge in [0.15, 0.2) is 11.5 Å². The third-order valence-corrected chi connectivity index (χ3v) is 5.37. The molecule has 4 aromatic rings. The van der Waals surface area contributed by atoms with E-state index in [1.54, 1.807) is 51.9 Å². The van der Waals surface area contributed by atoms with E-state index in [1.807, 2.05) is 12.1 Å². The predicted molar refractivity (Wildman–Crippen MR) is 116 cm³/mol. The molecule has 0 N–H and O–H groups in total. The third kappa shape index (κ3) is 4.62. The van der Waals surface area contributed by atoms with E-state index in [0.717, 1.165) is 11.3 Å². The molecule has 0 spiro atoms. The highest BCUT2D eigenvalue weighted by atomic mass is 35.5. The molecule has 4 rings (SSSR count). The summed E-state index contributed by atoms with van der Waals surface area (Å²) >= 11 is 7.38. The van der Waals surface area contributed by atoms with Crippen molar-refractivity contribution in [1.29, 1.82) is 0 Å². The number of methoxy groups -OCH3 is 3. The fraction of sp³-hybridized carbons (Fsp3) is 0.190. The highest BCUT2D eigenvalue weighted by Crippen LogP contribution is 2.41. The van der Waals surface area contributed by atoms with Gasteiger partial charge in [-0.25, -0.2) is 4.98 Å². The molecule has 160 valence electrons. The van der Waals surface area contributed by atoms with E-state index in [1.165, 1.54) is 11.8 Å². The lowest BCUT2D eigenvalue weighted by Gasteiger charge is -2.12. The van der Waals surface area contributed by atoms with E-state index in [9.17, 15) is 0 Å². The molecule has 31 heavy (non-hydrogen) atoms. The van der Waals surface area contributed by atoms with Crippen LogP contribution < -0.4 is 14.2 Å². The Morgan fingerprint density at radius 1 is 0.935 bits per heavy atom. The Morgan fingerprint density at radius 3 is 2.39 bits per heavy atom. The quantitative estimate of drug-likeness (QED) is 0.322. The van der Waals surface area contributed by atoms with Crippen molar-refractivity contribution in [1.82, 2.24) is 15.2 Å². The van der Waals surface area contributed by atoms with Crippen LogP contribution in [0.2, 0.25) is 5.02 Å². The maximum atomic E-state index is 6.03. The summed E-state index contributed by atoms with van der Waals surface area (Å²) < 4.78 is 27.4. The van der Waals surface area contributed by atoms with E-state index in [2.05, 4.69) is 15.2 Å². The third-order valence-electron chi connectivity index (χ3n) is 4.28. The van der Waals surface area contributed by atoms with Crippen molar-refractivity contribution < 1.29 is 23.0 Å². The van der Waals surface area contributed by atoms with Gasteiger partial charge in [0, 0.05) is 21.9 Å². The molecule has 2 aromatic carbocycles. The van der Waals surface area contributed by atoms with E-state index >= 15 is 0 Å². The van der Waals surface area contributed by atoms with Crippen LogP contribution >= 0.6 is 23.4 Å². The first-order valence-electron chi connectivity index (χ1n) is 9.08. The molecule has 0 unspecified atom stereocenters. The van der Waals surface area contributed by atoms with Gasteiger partial charge in [-0.1, -0.05) is 29.4 Å². The van der Waals surface area contributed by atoms with Crippen LogP contribution in [0, 0.1) is 0 Å². The van der Waals surface area contributed by atoms with Crippen LogP contribution in [0.1, 0.15) is 5.69 Å². The second kappa shape index (κ2) is 9.32. The van der Waals surface area contributed by atoms with Crippen LogP contribution in [-0.4, -0.2) is 36.5 Å². The highest BCUT2D eigenvalue weighted by Gasteiger charge is 2.18. The molecule has 8 nitrogen and oxygen atoms in total. The molecule has 0 saturated heterocycles. The minimum Gasteiger partial charge on any atom is -0.493 e. The van der Waals surface area contributed by atoms with Crippen LogP contribution in [0.15, 0.2) is 56.7 Å². The fourth-order valence-electron chi connectivity index (χ4n) is 2.85. The number of benzene rings is 2. The summed E-state index contributed by atoms with van der Waals surface area (Å²) in [6.07, 6.45) is 1.60. The number of halogens is 1. The number of thioether (sulfide) groups is 1. The van der Waals surface area contributed by atoms with Crippen LogP contribution in [0.3, 0.4) is 0 Å². The maximum absolute atomic E-state index is 6.03. The minimum atomic E-state index is 0.335. The molecule has 0 saturated carbocycles. The number of hydrogen-bond acceptors (Lipinski definition) is 9. The van der Waals surface area contributed by atoms with E-state index in [0.29, 0.717) is 50.6 Å². The lowest BCUT2D eigenvalue weighted by molar-refractivity contribution is 0.324. The summed E-state index contributed by atoms with van der Waals surface area (Å²) in [5.41, 5.74) is 2.21. The first-order valence-corrected chi connectivity index (χ1v) is 10.4. The number of oxazole rings is 1. The van der Waals surface area contributed by atoms with Gasteiger partial charge in [0.2, 0.25) is 17.5 Å². The fourth-order valence-corrected chi connectivity index (χ4v) is 3.68. The summed E-state index contributed by atoms with van der Waals surface area (Å²) in [6.45, 7) is 0. The largest absolute Gasteiger partial charge is 0.493 e. The Labute approximate surface area is 187 Å². The Balaban J connectivity index is 1.48. The van der Waals surface area contributed by atoms with Crippen molar-refractivity contribution in [3.8, 4) is 40.2 Å². The summed E-state index contributed by atoms with van der Waals surface area (Å²) in [4.78, 5) is 4.48.